The highest BCUT2D eigenvalue weighted by atomic mass is 16.1. The van der Waals surface area contributed by atoms with Crippen LogP contribution < -0.4 is 10.6 Å². The zero-order chi connectivity index (χ0) is 16.7. The lowest BCUT2D eigenvalue weighted by Crippen LogP contribution is -2.45. The molecule has 1 aromatic carbocycles. The third-order valence-electron chi connectivity index (χ3n) is 5.00. The molecule has 0 saturated heterocycles. The Hall–Kier alpha value is -1.35. The monoisotopic (exact) mass is 316 g/mol. The molecule has 1 aliphatic carbocycles. The zero-order valence-electron chi connectivity index (χ0n) is 15.0. The summed E-state index contributed by atoms with van der Waals surface area (Å²) in [6, 6.07) is 9.14. The molecule has 1 amide bonds. The molecule has 3 heteroatoms. The van der Waals surface area contributed by atoms with Gasteiger partial charge < -0.3 is 10.6 Å². The molecule has 2 rings (SSSR count). The smallest absolute Gasteiger partial charge is 0.216 e. The molecule has 0 radical (unpaired) electrons. The molecule has 1 fully saturated rings. The summed E-state index contributed by atoms with van der Waals surface area (Å²) >= 11 is 0. The fourth-order valence-corrected chi connectivity index (χ4v) is 3.60. The average molecular weight is 316 g/mol. The Labute approximate surface area is 141 Å². The Balaban J connectivity index is 2.06. The molecule has 0 heterocycles. The maximum atomic E-state index is 11.0. The van der Waals surface area contributed by atoms with Gasteiger partial charge in [0.25, 0.3) is 0 Å². The number of nitrogens with one attached hydrogen (secondary N) is 2. The van der Waals surface area contributed by atoms with Crippen LogP contribution >= 0.6 is 0 Å². The lowest BCUT2D eigenvalue weighted by atomic mass is 9.75. The number of amides is 1. The summed E-state index contributed by atoms with van der Waals surface area (Å²) < 4.78 is 0. The second kappa shape index (κ2) is 8.49. The van der Waals surface area contributed by atoms with Crippen molar-refractivity contribution >= 4 is 5.91 Å². The van der Waals surface area contributed by atoms with E-state index in [4.69, 9.17) is 0 Å². The number of rotatable bonds is 7. The second-order valence-corrected chi connectivity index (χ2v) is 7.19. The Morgan fingerprint density at radius 3 is 2.57 bits per heavy atom. The lowest BCUT2D eigenvalue weighted by Gasteiger charge is -2.39. The number of benzene rings is 1. The predicted molar refractivity (Wildman–Crippen MR) is 96.6 cm³/mol. The molecular formula is C20H32N2O. The normalized spacial score (nSPS) is 17.2. The van der Waals surface area contributed by atoms with Gasteiger partial charge >= 0.3 is 0 Å². The molecule has 128 valence electrons. The van der Waals surface area contributed by atoms with E-state index in [1.165, 1.54) is 43.2 Å². The van der Waals surface area contributed by atoms with E-state index in [0.717, 1.165) is 19.5 Å². The highest BCUT2D eigenvalue weighted by Gasteiger charge is 2.33. The van der Waals surface area contributed by atoms with Gasteiger partial charge in [0.15, 0.2) is 0 Å². The van der Waals surface area contributed by atoms with Crippen molar-refractivity contribution in [3.05, 3.63) is 35.4 Å². The van der Waals surface area contributed by atoms with Gasteiger partial charge in [0.05, 0.1) is 0 Å². The molecule has 0 atom stereocenters. The van der Waals surface area contributed by atoms with Gasteiger partial charge in [-0.3, -0.25) is 4.79 Å². The van der Waals surface area contributed by atoms with E-state index in [2.05, 4.69) is 48.7 Å². The summed E-state index contributed by atoms with van der Waals surface area (Å²) in [5.41, 5.74) is 3.00. The molecule has 1 aromatic rings. The van der Waals surface area contributed by atoms with E-state index in [0.29, 0.717) is 5.92 Å². The average Bonchev–Trinajstić information content (AvgIpc) is 2.55. The largest absolute Gasteiger partial charge is 0.356 e. The van der Waals surface area contributed by atoms with Gasteiger partial charge in [0, 0.05) is 19.0 Å². The van der Waals surface area contributed by atoms with E-state index in [1.54, 1.807) is 6.92 Å². The van der Waals surface area contributed by atoms with Crippen molar-refractivity contribution in [2.75, 3.05) is 13.1 Å². The Kier molecular flexibility index (Phi) is 6.64. The first-order valence-corrected chi connectivity index (χ1v) is 9.13. The molecule has 0 aromatic heterocycles. The van der Waals surface area contributed by atoms with Crippen LogP contribution in [0.3, 0.4) is 0 Å². The number of carbonyl (C=O) groups is 1. The lowest BCUT2D eigenvalue weighted by molar-refractivity contribution is -0.118. The molecular weight excluding hydrogens is 284 g/mol. The zero-order valence-corrected chi connectivity index (χ0v) is 15.0. The third kappa shape index (κ3) is 5.07. The minimum atomic E-state index is 0.0574. The number of hydrogen-bond acceptors (Lipinski definition) is 2. The van der Waals surface area contributed by atoms with Crippen LogP contribution in [0.15, 0.2) is 24.3 Å². The second-order valence-electron chi connectivity index (χ2n) is 7.19. The topological polar surface area (TPSA) is 41.1 Å². The quantitative estimate of drug-likeness (QED) is 0.744. The van der Waals surface area contributed by atoms with Crippen LogP contribution in [0, 0.1) is 0 Å². The van der Waals surface area contributed by atoms with Crippen LogP contribution in [0.25, 0.3) is 0 Å². The summed E-state index contributed by atoms with van der Waals surface area (Å²) in [5, 5.41) is 6.72. The molecule has 1 saturated carbocycles. The van der Waals surface area contributed by atoms with E-state index >= 15 is 0 Å². The predicted octanol–water partition coefficient (Wildman–Crippen LogP) is 4.09. The van der Waals surface area contributed by atoms with E-state index < -0.39 is 0 Å². The van der Waals surface area contributed by atoms with Gasteiger partial charge in [-0.1, -0.05) is 57.4 Å². The molecule has 23 heavy (non-hydrogen) atoms. The Morgan fingerprint density at radius 2 is 1.91 bits per heavy atom. The summed E-state index contributed by atoms with van der Waals surface area (Å²) in [5.74, 6) is 0.623. The Morgan fingerprint density at radius 1 is 1.17 bits per heavy atom. The van der Waals surface area contributed by atoms with E-state index in [-0.39, 0.29) is 11.4 Å². The molecule has 3 nitrogen and oxygen atoms in total. The SMILES string of the molecule is CC(=O)NCCCNC1(c2cccc(C(C)C)c2)CCCCC1. The van der Waals surface area contributed by atoms with Gasteiger partial charge in [-0.2, -0.15) is 0 Å². The van der Waals surface area contributed by atoms with Crippen LogP contribution in [0.2, 0.25) is 0 Å². The Bertz CT molecular complexity index is 504. The first-order valence-electron chi connectivity index (χ1n) is 9.13. The highest BCUT2D eigenvalue weighted by molar-refractivity contribution is 5.72. The third-order valence-corrected chi connectivity index (χ3v) is 5.00. The number of hydrogen-bond donors (Lipinski definition) is 2. The highest BCUT2D eigenvalue weighted by Crippen LogP contribution is 2.38. The molecule has 0 bridgehead atoms. The molecule has 2 N–H and O–H groups in total. The van der Waals surface area contributed by atoms with Gasteiger partial charge in [0.1, 0.15) is 0 Å². The summed E-state index contributed by atoms with van der Waals surface area (Å²) in [7, 11) is 0. The number of carbonyl (C=O) groups excluding carboxylic acids is 1. The maximum absolute atomic E-state index is 11.0. The van der Waals surface area contributed by atoms with E-state index in [1.807, 2.05) is 0 Å². The molecule has 0 aliphatic heterocycles. The van der Waals surface area contributed by atoms with Gasteiger partial charge in [-0.15, -0.1) is 0 Å². The fourth-order valence-electron chi connectivity index (χ4n) is 3.60. The molecule has 0 unspecified atom stereocenters. The van der Waals surface area contributed by atoms with Crippen molar-refractivity contribution < 1.29 is 4.79 Å². The minimum Gasteiger partial charge on any atom is -0.356 e. The summed E-state index contributed by atoms with van der Waals surface area (Å²) in [4.78, 5) is 11.0. The van der Waals surface area contributed by atoms with Gasteiger partial charge in [-0.05, 0) is 42.9 Å². The van der Waals surface area contributed by atoms with Crippen molar-refractivity contribution in [3.63, 3.8) is 0 Å². The summed E-state index contributed by atoms with van der Waals surface area (Å²) in [6.45, 7) is 7.80. The molecule has 0 spiro atoms. The fraction of sp³-hybridized carbons (Fsp3) is 0.650. The first kappa shape index (κ1) is 18.0. The van der Waals surface area contributed by atoms with Crippen LogP contribution in [0.1, 0.15) is 76.3 Å². The van der Waals surface area contributed by atoms with Crippen molar-refractivity contribution in [1.29, 1.82) is 0 Å². The molecule has 1 aliphatic rings. The van der Waals surface area contributed by atoms with Crippen LogP contribution in [-0.4, -0.2) is 19.0 Å². The standard InChI is InChI=1S/C20H32N2O/c1-16(2)18-9-7-10-19(15-18)20(11-5-4-6-12-20)22-14-8-13-21-17(3)23/h7,9-10,15-16,22H,4-6,8,11-14H2,1-3H3,(H,21,23). The minimum absolute atomic E-state index is 0.0574. The van der Waals surface area contributed by atoms with Crippen LogP contribution in [-0.2, 0) is 10.3 Å². The van der Waals surface area contributed by atoms with Crippen molar-refractivity contribution in [2.24, 2.45) is 0 Å². The van der Waals surface area contributed by atoms with Crippen molar-refractivity contribution in [1.82, 2.24) is 10.6 Å². The van der Waals surface area contributed by atoms with Crippen LogP contribution in [0.4, 0.5) is 0 Å². The van der Waals surface area contributed by atoms with Crippen LogP contribution in [0.5, 0.6) is 0 Å². The first-order chi connectivity index (χ1) is 11.0. The summed E-state index contributed by atoms with van der Waals surface area (Å²) in [6.07, 6.45) is 7.35. The van der Waals surface area contributed by atoms with Gasteiger partial charge in [0.2, 0.25) is 5.91 Å². The van der Waals surface area contributed by atoms with Gasteiger partial charge in [-0.25, -0.2) is 0 Å². The van der Waals surface area contributed by atoms with E-state index in [9.17, 15) is 4.79 Å². The van der Waals surface area contributed by atoms with Crippen molar-refractivity contribution in [3.8, 4) is 0 Å². The van der Waals surface area contributed by atoms with Crippen molar-refractivity contribution in [2.45, 2.75) is 70.8 Å². The maximum Gasteiger partial charge on any atom is 0.216 e.